The number of hydrogen-bond donors (Lipinski definition) is 1. The lowest BCUT2D eigenvalue weighted by Gasteiger charge is -2.31. The molecule has 130 valence electrons. The van der Waals surface area contributed by atoms with Gasteiger partial charge in [0.05, 0.1) is 12.6 Å². The molecule has 3 nitrogen and oxygen atoms in total. The van der Waals surface area contributed by atoms with Gasteiger partial charge in [-0.2, -0.15) is 0 Å². The Hall–Kier alpha value is -1.43. The molecule has 2 rings (SSSR count). The summed E-state index contributed by atoms with van der Waals surface area (Å²) in [5, 5.41) is 6.19. The first-order chi connectivity index (χ1) is 11.5. The van der Waals surface area contributed by atoms with Gasteiger partial charge in [0, 0.05) is 24.2 Å². The van der Waals surface area contributed by atoms with Gasteiger partial charge in [-0.1, -0.05) is 32.0 Å². The highest BCUT2D eigenvalue weighted by Gasteiger charge is 2.19. The van der Waals surface area contributed by atoms with Crippen LogP contribution >= 0.6 is 23.6 Å². The number of benzene rings is 1. The molecule has 2 aromatic rings. The summed E-state index contributed by atoms with van der Waals surface area (Å²) >= 11 is 7.42. The molecule has 1 aromatic carbocycles. The molecule has 0 aliphatic rings. The minimum Gasteiger partial charge on any atom is -0.383 e. The van der Waals surface area contributed by atoms with Crippen LogP contribution in [0.15, 0.2) is 41.8 Å². The van der Waals surface area contributed by atoms with Gasteiger partial charge in [-0.3, -0.25) is 0 Å². The van der Waals surface area contributed by atoms with Crippen LogP contribution in [0, 0.1) is 0 Å². The van der Waals surface area contributed by atoms with Gasteiger partial charge in [-0.15, -0.1) is 11.3 Å². The maximum absolute atomic E-state index is 5.67. The lowest BCUT2D eigenvalue weighted by molar-refractivity contribution is 0.166. The monoisotopic (exact) mass is 362 g/mol. The van der Waals surface area contributed by atoms with E-state index in [4.69, 9.17) is 17.0 Å². The van der Waals surface area contributed by atoms with Crippen molar-refractivity contribution in [3.05, 3.63) is 52.2 Å². The van der Waals surface area contributed by atoms with Crippen LogP contribution in [0.1, 0.15) is 43.2 Å². The van der Waals surface area contributed by atoms with Crippen LogP contribution < -0.4 is 5.32 Å². The fourth-order valence-electron chi connectivity index (χ4n) is 2.49. The molecule has 0 amide bonds. The lowest BCUT2D eigenvalue weighted by Crippen LogP contribution is -2.38. The standard InChI is InChI=1S/C19H26N2OS2/c1-14(2)16-7-9-17(10-8-16)20-19(23)21(11-12-22-4)15(3)18-6-5-13-24-18/h5-10,13-15H,11-12H2,1-4H3,(H,20,23)/t15-/m1/s1. The average Bonchev–Trinajstić information content (AvgIpc) is 3.10. The van der Waals surface area contributed by atoms with Crippen LogP contribution in [-0.4, -0.2) is 30.3 Å². The zero-order valence-corrected chi connectivity index (χ0v) is 16.4. The Labute approximate surface area is 154 Å². The zero-order chi connectivity index (χ0) is 17.5. The molecule has 0 fully saturated rings. The second-order valence-electron chi connectivity index (χ2n) is 6.08. The number of methoxy groups -OCH3 is 1. The Morgan fingerprint density at radius 3 is 2.46 bits per heavy atom. The van der Waals surface area contributed by atoms with E-state index < -0.39 is 0 Å². The van der Waals surface area contributed by atoms with E-state index >= 15 is 0 Å². The smallest absolute Gasteiger partial charge is 0.174 e. The fraction of sp³-hybridized carbons (Fsp3) is 0.421. The SMILES string of the molecule is COCCN(C(=S)Nc1ccc(C(C)C)cc1)[C@H](C)c1cccs1. The molecule has 24 heavy (non-hydrogen) atoms. The van der Waals surface area contributed by atoms with Gasteiger partial charge in [0.2, 0.25) is 0 Å². The van der Waals surface area contributed by atoms with Crippen molar-refractivity contribution < 1.29 is 4.74 Å². The first-order valence-corrected chi connectivity index (χ1v) is 9.51. The summed E-state index contributed by atoms with van der Waals surface area (Å²) in [4.78, 5) is 3.48. The predicted molar refractivity (Wildman–Crippen MR) is 108 cm³/mol. The minimum atomic E-state index is 0.218. The van der Waals surface area contributed by atoms with Gasteiger partial charge in [0.1, 0.15) is 0 Å². The number of anilines is 1. The molecule has 1 N–H and O–H groups in total. The third-order valence-electron chi connectivity index (χ3n) is 4.05. The highest BCUT2D eigenvalue weighted by Crippen LogP contribution is 2.25. The zero-order valence-electron chi connectivity index (χ0n) is 14.8. The predicted octanol–water partition coefficient (Wildman–Crippen LogP) is 5.28. The van der Waals surface area contributed by atoms with Gasteiger partial charge >= 0.3 is 0 Å². The molecule has 0 saturated heterocycles. The van der Waals surface area contributed by atoms with Crippen LogP contribution in [0.2, 0.25) is 0 Å². The summed E-state index contributed by atoms with van der Waals surface area (Å²) in [5.41, 5.74) is 2.35. The van der Waals surface area contributed by atoms with E-state index in [1.54, 1.807) is 18.4 Å². The molecule has 1 atom stereocenters. The van der Waals surface area contributed by atoms with Crippen molar-refractivity contribution in [3.8, 4) is 0 Å². The summed E-state index contributed by atoms with van der Waals surface area (Å²) in [7, 11) is 1.72. The normalized spacial score (nSPS) is 12.2. The molecule has 0 aliphatic heterocycles. The minimum absolute atomic E-state index is 0.218. The largest absolute Gasteiger partial charge is 0.383 e. The Morgan fingerprint density at radius 2 is 1.92 bits per heavy atom. The number of nitrogens with one attached hydrogen (secondary N) is 1. The van der Waals surface area contributed by atoms with Crippen LogP contribution in [0.25, 0.3) is 0 Å². The van der Waals surface area contributed by atoms with E-state index in [1.807, 2.05) is 0 Å². The van der Waals surface area contributed by atoms with Crippen molar-refractivity contribution >= 4 is 34.4 Å². The van der Waals surface area contributed by atoms with Crippen molar-refractivity contribution in [2.45, 2.75) is 32.7 Å². The Morgan fingerprint density at radius 1 is 1.21 bits per heavy atom. The summed E-state index contributed by atoms with van der Waals surface area (Å²) < 4.78 is 5.26. The highest BCUT2D eigenvalue weighted by atomic mass is 32.1. The van der Waals surface area contributed by atoms with Crippen molar-refractivity contribution in [1.82, 2.24) is 4.90 Å². The fourth-order valence-corrected chi connectivity index (χ4v) is 3.65. The topological polar surface area (TPSA) is 24.5 Å². The van der Waals surface area contributed by atoms with Crippen molar-refractivity contribution in [1.29, 1.82) is 0 Å². The third-order valence-corrected chi connectivity index (χ3v) is 5.43. The van der Waals surface area contributed by atoms with Crippen molar-refractivity contribution in [2.24, 2.45) is 0 Å². The Bertz CT molecular complexity index is 623. The van der Waals surface area contributed by atoms with Crippen LogP contribution in [-0.2, 0) is 4.74 Å². The summed E-state index contributed by atoms with van der Waals surface area (Å²) in [6.07, 6.45) is 0. The lowest BCUT2D eigenvalue weighted by atomic mass is 10.0. The molecule has 0 unspecified atom stereocenters. The molecule has 0 saturated carbocycles. The van der Waals surface area contributed by atoms with Crippen LogP contribution in [0.4, 0.5) is 5.69 Å². The second kappa shape index (κ2) is 9.16. The van der Waals surface area contributed by atoms with Crippen molar-refractivity contribution in [2.75, 3.05) is 25.6 Å². The number of nitrogens with zero attached hydrogens (tertiary/aromatic N) is 1. The number of thiophene rings is 1. The van der Waals surface area contributed by atoms with Gasteiger partial charge in [-0.25, -0.2) is 0 Å². The first kappa shape index (κ1) is 18.9. The maximum atomic E-state index is 5.67. The van der Waals surface area contributed by atoms with E-state index in [-0.39, 0.29) is 6.04 Å². The van der Waals surface area contributed by atoms with Gasteiger partial charge in [-0.05, 0) is 54.2 Å². The van der Waals surface area contributed by atoms with E-state index in [9.17, 15) is 0 Å². The van der Waals surface area contributed by atoms with E-state index in [0.717, 1.165) is 17.3 Å². The molecule has 0 spiro atoms. The van der Waals surface area contributed by atoms with Gasteiger partial charge < -0.3 is 15.0 Å². The highest BCUT2D eigenvalue weighted by molar-refractivity contribution is 7.80. The summed E-state index contributed by atoms with van der Waals surface area (Å²) in [6.45, 7) is 7.97. The van der Waals surface area contributed by atoms with Gasteiger partial charge in [0.25, 0.3) is 0 Å². The molecule has 1 heterocycles. The first-order valence-electron chi connectivity index (χ1n) is 8.23. The molecule has 0 bridgehead atoms. The molecule has 1 aromatic heterocycles. The quantitative estimate of drug-likeness (QED) is 0.678. The van der Waals surface area contributed by atoms with Crippen LogP contribution in [0.3, 0.4) is 0 Å². The van der Waals surface area contributed by atoms with E-state index in [2.05, 4.69) is 72.8 Å². The third kappa shape index (κ3) is 5.03. The number of thiocarbonyl (C=S) groups is 1. The summed E-state index contributed by atoms with van der Waals surface area (Å²) in [5.74, 6) is 0.531. The number of rotatable bonds is 7. The van der Waals surface area contributed by atoms with Crippen molar-refractivity contribution in [3.63, 3.8) is 0 Å². The molecule has 0 aliphatic carbocycles. The molecular formula is C19H26N2OS2. The summed E-state index contributed by atoms with van der Waals surface area (Å²) in [6, 6.07) is 12.9. The Kier molecular flexibility index (Phi) is 7.21. The Balaban J connectivity index is 2.09. The molecular weight excluding hydrogens is 336 g/mol. The number of ether oxygens (including phenoxy) is 1. The average molecular weight is 363 g/mol. The van der Waals surface area contributed by atoms with E-state index in [1.165, 1.54) is 10.4 Å². The molecule has 0 radical (unpaired) electrons. The van der Waals surface area contributed by atoms with Crippen LogP contribution in [0.5, 0.6) is 0 Å². The van der Waals surface area contributed by atoms with Gasteiger partial charge in [0.15, 0.2) is 5.11 Å². The number of hydrogen-bond acceptors (Lipinski definition) is 3. The second-order valence-corrected chi connectivity index (χ2v) is 7.45. The molecule has 5 heteroatoms. The maximum Gasteiger partial charge on any atom is 0.174 e. The van der Waals surface area contributed by atoms with E-state index in [0.29, 0.717) is 12.5 Å².